The lowest BCUT2D eigenvalue weighted by atomic mass is 10.3. The monoisotopic (exact) mass is 307 g/mol. The number of hydrogen-bond acceptors (Lipinski definition) is 5. The second-order valence-corrected chi connectivity index (χ2v) is 5.32. The van der Waals surface area contributed by atoms with E-state index in [1.807, 2.05) is 19.3 Å². The zero-order chi connectivity index (χ0) is 14.7. The van der Waals surface area contributed by atoms with Crippen molar-refractivity contribution in [2.45, 2.75) is 6.54 Å². The molecule has 0 spiro atoms. The fourth-order valence-corrected chi connectivity index (χ4v) is 2.54. The maximum atomic E-state index is 6.08. The Bertz CT molecular complexity index is 572. The molecule has 1 saturated heterocycles. The van der Waals surface area contributed by atoms with Gasteiger partial charge in [-0.25, -0.2) is 4.98 Å². The van der Waals surface area contributed by atoms with Crippen molar-refractivity contribution in [2.24, 2.45) is 7.05 Å². The third-order valence-corrected chi connectivity index (χ3v) is 3.89. The van der Waals surface area contributed by atoms with Crippen LogP contribution in [0.1, 0.15) is 5.69 Å². The number of rotatable bonds is 4. The topological polar surface area (TPSA) is 55.2 Å². The summed E-state index contributed by atoms with van der Waals surface area (Å²) in [6.07, 6.45) is 3.53. The van der Waals surface area contributed by atoms with E-state index in [0.717, 1.165) is 43.5 Å². The SMILES string of the molecule is Cn1ncc(Cl)c1CNc1ccc(N2CCOCC2)cn1. The summed E-state index contributed by atoms with van der Waals surface area (Å²) in [5.41, 5.74) is 2.07. The van der Waals surface area contributed by atoms with E-state index in [1.54, 1.807) is 10.9 Å². The number of anilines is 2. The minimum atomic E-state index is 0.596. The van der Waals surface area contributed by atoms with Gasteiger partial charge in [0.15, 0.2) is 0 Å². The molecule has 1 fully saturated rings. The standard InChI is InChI=1S/C14H18ClN5O/c1-19-13(12(15)9-18-19)10-17-14-3-2-11(8-16-14)20-4-6-21-7-5-20/h2-3,8-9H,4-7,10H2,1H3,(H,16,17). The number of aryl methyl sites for hydroxylation is 1. The molecule has 7 heteroatoms. The van der Waals surface area contributed by atoms with Crippen LogP contribution in [-0.2, 0) is 18.3 Å². The van der Waals surface area contributed by atoms with Crippen molar-refractivity contribution in [1.82, 2.24) is 14.8 Å². The van der Waals surface area contributed by atoms with Gasteiger partial charge < -0.3 is 15.0 Å². The highest BCUT2D eigenvalue weighted by molar-refractivity contribution is 6.31. The van der Waals surface area contributed by atoms with E-state index < -0.39 is 0 Å². The number of morpholine rings is 1. The number of nitrogens with one attached hydrogen (secondary N) is 1. The van der Waals surface area contributed by atoms with Crippen molar-refractivity contribution in [3.05, 3.63) is 35.2 Å². The van der Waals surface area contributed by atoms with Gasteiger partial charge in [0.25, 0.3) is 0 Å². The van der Waals surface area contributed by atoms with Crippen LogP contribution < -0.4 is 10.2 Å². The molecular formula is C14H18ClN5O. The van der Waals surface area contributed by atoms with Gasteiger partial charge in [-0.1, -0.05) is 11.6 Å². The first-order valence-electron chi connectivity index (χ1n) is 6.93. The molecule has 21 heavy (non-hydrogen) atoms. The minimum absolute atomic E-state index is 0.596. The zero-order valence-electron chi connectivity index (χ0n) is 11.9. The molecule has 0 aromatic carbocycles. The Balaban J connectivity index is 1.62. The number of pyridine rings is 1. The van der Waals surface area contributed by atoms with Crippen LogP contribution in [0.15, 0.2) is 24.5 Å². The lowest BCUT2D eigenvalue weighted by Gasteiger charge is -2.28. The number of hydrogen-bond donors (Lipinski definition) is 1. The molecule has 0 aliphatic carbocycles. The molecule has 0 radical (unpaired) electrons. The predicted molar refractivity (Wildman–Crippen MR) is 82.8 cm³/mol. The van der Waals surface area contributed by atoms with E-state index in [9.17, 15) is 0 Å². The van der Waals surface area contributed by atoms with Crippen molar-refractivity contribution in [3.8, 4) is 0 Å². The summed E-state index contributed by atoms with van der Waals surface area (Å²) in [5.74, 6) is 0.823. The summed E-state index contributed by atoms with van der Waals surface area (Å²) >= 11 is 6.08. The normalized spacial score (nSPS) is 15.2. The summed E-state index contributed by atoms with van der Waals surface area (Å²) in [5, 5.41) is 8.03. The van der Waals surface area contributed by atoms with E-state index in [1.165, 1.54) is 0 Å². The number of ether oxygens (including phenoxy) is 1. The molecule has 0 amide bonds. The molecule has 0 atom stereocenters. The van der Waals surface area contributed by atoms with Crippen molar-refractivity contribution < 1.29 is 4.74 Å². The first-order valence-corrected chi connectivity index (χ1v) is 7.31. The van der Waals surface area contributed by atoms with Crippen molar-refractivity contribution in [1.29, 1.82) is 0 Å². The van der Waals surface area contributed by atoms with Gasteiger partial charge in [-0.2, -0.15) is 5.10 Å². The average Bonchev–Trinajstić information content (AvgIpc) is 2.85. The summed E-state index contributed by atoms with van der Waals surface area (Å²) in [7, 11) is 1.87. The lowest BCUT2D eigenvalue weighted by Crippen LogP contribution is -2.36. The molecule has 112 valence electrons. The van der Waals surface area contributed by atoms with Crippen LogP contribution >= 0.6 is 11.6 Å². The molecule has 3 rings (SSSR count). The van der Waals surface area contributed by atoms with Crippen molar-refractivity contribution in [3.63, 3.8) is 0 Å². The van der Waals surface area contributed by atoms with Gasteiger partial charge in [-0.3, -0.25) is 4.68 Å². The zero-order valence-corrected chi connectivity index (χ0v) is 12.7. The Morgan fingerprint density at radius 2 is 2.10 bits per heavy atom. The van der Waals surface area contributed by atoms with Gasteiger partial charge in [-0.15, -0.1) is 0 Å². The molecule has 0 unspecified atom stereocenters. The second kappa shape index (κ2) is 6.32. The summed E-state index contributed by atoms with van der Waals surface area (Å²) in [6.45, 7) is 3.98. The molecule has 2 aromatic rings. The van der Waals surface area contributed by atoms with Gasteiger partial charge in [0.2, 0.25) is 0 Å². The molecule has 0 bridgehead atoms. The summed E-state index contributed by atoms with van der Waals surface area (Å²) in [6, 6.07) is 4.06. The Morgan fingerprint density at radius 3 is 2.71 bits per heavy atom. The predicted octanol–water partition coefficient (Wildman–Crippen LogP) is 1.92. The third kappa shape index (κ3) is 3.28. The van der Waals surface area contributed by atoms with Crippen LogP contribution in [0.2, 0.25) is 5.02 Å². The summed E-state index contributed by atoms with van der Waals surface area (Å²) < 4.78 is 7.11. The van der Waals surface area contributed by atoms with Crippen LogP contribution in [-0.4, -0.2) is 41.1 Å². The highest BCUT2D eigenvalue weighted by Crippen LogP contribution is 2.18. The Labute approximate surface area is 128 Å². The van der Waals surface area contributed by atoms with Crippen LogP contribution in [0.5, 0.6) is 0 Å². The fourth-order valence-electron chi connectivity index (χ4n) is 2.31. The third-order valence-electron chi connectivity index (χ3n) is 3.57. The van der Waals surface area contributed by atoms with Gasteiger partial charge >= 0.3 is 0 Å². The van der Waals surface area contributed by atoms with Crippen LogP contribution in [0.25, 0.3) is 0 Å². The van der Waals surface area contributed by atoms with Gasteiger partial charge in [0.1, 0.15) is 5.82 Å². The Morgan fingerprint density at radius 1 is 1.29 bits per heavy atom. The van der Waals surface area contributed by atoms with Crippen LogP contribution in [0.4, 0.5) is 11.5 Å². The van der Waals surface area contributed by atoms with E-state index in [2.05, 4.69) is 26.4 Å². The van der Waals surface area contributed by atoms with E-state index >= 15 is 0 Å². The van der Waals surface area contributed by atoms with E-state index in [4.69, 9.17) is 16.3 Å². The molecule has 3 heterocycles. The van der Waals surface area contributed by atoms with Gasteiger partial charge in [0, 0.05) is 20.1 Å². The largest absolute Gasteiger partial charge is 0.378 e. The maximum absolute atomic E-state index is 6.08. The average molecular weight is 308 g/mol. The molecule has 6 nitrogen and oxygen atoms in total. The van der Waals surface area contributed by atoms with Crippen molar-refractivity contribution >= 4 is 23.1 Å². The first-order chi connectivity index (χ1) is 10.2. The van der Waals surface area contributed by atoms with Gasteiger partial charge in [0.05, 0.1) is 48.6 Å². The Hall–Kier alpha value is -1.79. The number of nitrogens with zero attached hydrogens (tertiary/aromatic N) is 4. The highest BCUT2D eigenvalue weighted by Gasteiger charge is 2.11. The molecule has 2 aromatic heterocycles. The summed E-state index contributed by atoms with van der Waals surface area (Å²) in [4.78, 5) is 6.72. The molecule has 0 saturated carbocycles. The number of aromatic nitrogens is 3. The molecule has 1 aliphatic rings. The maximum Gasteiger partial charge on any atom is 0.126 e. The molecule has 1 N–H and O–H groups in total. The van der Waals surface area contributed by atoms with Gasteiger partial charge in [-0.05, 0) is 12.1 Å². The highest BCUT2D eigenvalue weighted by atomic mass is 35.5. The van der Waals surface area contributed by atoms with Crippen LogP contribution in [0, 0.1) is 0 Å². The second-order valence-electron chi connectivity index (χ2n) is 4.92. The first kappa shape index (κ1) is 14.2. The molecule has 1 aliphatic heterocycles. The number of halogens is 1. The fraction of sp³-hybridized carbons (Fsp3) is 0.429. The van der Waals surface area contributed by atoms with Crippen LogP contribution in [0.3, 0.4) is 0 Å². The minimum Gasteiger partial charge on any atom is -0.378 e. The molecular weight excluding hydrogens is 290 g/mol. The Kier molecular flexibility index (Phi) is 4.26. The quantitative estimate of drug-likeness (QED) is 0.935. The van der Waals surface area contributed by atoms with E-state index in [0.29, 0.717) is 11.6 Å². The van der Waals surface area contributed by atoms with E-state index in [-0.39, 0.29) is 0 Å². The lowest BCUT2D eigenvalue weighted by molar-refractivity contribution is 0.122. The van der Waals surface area contributed by atoms with Crippen molar-refractivity contribution in [2.75, 3.05) is 36.5 Å². The smallest absolute Gasteiger partial charge is 0.126 e.